The zero-order valence-corrected chi connectivity index (χ0v) is 11.4. The fourth-order valence-electron chi connectivity index (χ4n) is 2.57. The number of anilines is 1. The largest absolute Gasteiger partial charge is 0.417 e. The molecule has 0 saturated carbocycles. The quantitative estimate of drug-likeness (QED) is 0.911. The molecule has 0 aliphatic carbocycles. The monoisotopic (exact) mass is 297 g/mol. The minimum Gasteiger partial charge on any atom is -0.359 e. The number of carbonyl (C=O) groups is 1. The summed E-state index contributed by atoms with van der Waals surface area (Å²) in [7, 11) is 1.52. The summed E-state index contributed by atoms with van der Waals surface area (Å²) in [5.41, 5.74) is -0.919. The van der Waals surface area contributed by atoms with Crippen LogP contribution in [-0.2, 0) is 11.0 Å². The van der Waals surface area contributed by atoms with Gasteiger partial charge >= 0.3 is 6.18 Å². The number of amides is 1. The minimum atomic E-state index is -4.56. The Bertz CT molecular complexity index is 592. The van der Waals surface area contributed by atoms with Crippen molar-refractivity contribution < 1.29 is 18.0 Å². The van der Waals surface area contributed by atoms with Gasteiger partial charge < -0.3 is 10.2 Å². The van der Waals surface area contributed by atoms with Gasteiger partial charge in [-0.1, -0.05) is 0 Å². The molecule has 1 aliphatic heterocycles. The molecule has 112 valence electrons. The summed E-state index contributed by atoms with van der Waals surface area (Å²) in [5, 5.41) is 11.5. The van der Waals surface area contributed by atoms with Gasteiger partial charge in [-0.3, -0.25) is 4.79 Å². The number of rotatable bonds is 2. The Hall–Kier alpha value is -2.23. The van der Waals surface area contributed by atoms with Crippen LogP contribution in [0.15, 0.2) is 18.2 Å². The van der Waals surface area contributed by atoms with E-state index in [0.717, 1.165) is 12.5 Å². The van der Waals surface area contributed by atoms with Crippen LogP contribution in [0.4, 0.5) is 18.9 Å². The molecule has 1 aromatic rings. The second kappa shape index (κ2) is 5.64. The highest BCUT2D eigenvalue weighted by atomic mass is 19.4. The van der Waals surface area contributed by atoms with Crippen LogP contribution in [0, 0.1) is 11.3 Å². The summed E-state index contributed by atoms with van der Waals surface area (Å²) in [6.07, 6.45) is -3.14. The second-order valence-electron chi connectivity index (χ2n) is 4.81. The number of benzene rings is 1. The first-order chi connectivity index (χ1) is 9.88. The summed E-state index contributed by atoms with van der Waals surface area (Å²) >= 11 is 0. The first kappa shape index (κ1) is 15.2. The number of nitriles is 1. The average Bonchev–Trinajstić information content (AvgIpc) is 2.94. The van der Waals surface area contributed by atoms with Crippen molar-refractivity contribution in [3.63, 3.8) is 0 Å². The Balaban J connectivity index is 2.38. The topological polar surface area (TPSA) is 56.1 Å². The van der Waals surface area contributed by atoms with Gasteiger partial charge in [0.15, 0.2) is 0 Å². The predicted octanol–water partition coefficient (Wildman–Crippen LogP) is 2.29. The molecule has 1 aromatic carbocycles. The fourth-order valence-corrected chi connectivity index (χ4v) is 2.57. The Labute approximate surface area is 120 Å². The number of hydrogen-bond acceptors (Lipinski definition) is 3. The lowest BCUT2D eigenvalue weighted by Crippen LogP contribution is -2.42. The smallest absolute Gasteiger partial charge is 0.359 e. The van der Waals surface area contributed by atoms with Crippen molar-refractivity contribution in [2.75, 3.05) is 18.5 Å². The van der Waals surface area contributed by atoms with E-state index in [4.69, 9.17) is 5.26 Å². The van der Waals surface area contributed by atoms with Gasteiger partial charge in [0, 0.05) is 19.3 Å². The number of nitrogens with zero attached hydrogens (tertiary/aromatic N) is 2. The van der Waals surface area contributed by atoms with Crippen molar-refractivity contribution in [1.82, 2.24) is 5.32 Å². The molecule has 1 aliphatic rings. The maximum Gasteiger partial charge on any atom is 0.417 e. The molecule has 1 saturated heterocycles. The van der Waals surface area contributed by atoms with Gasteiger partial charge in [0.25, 0.3) is 0 Å². The normalized spacial score (nSPS) is 18.4. The zero-order valence-electron chi connectivity index (χ0n) is 11.4. The van der Waals surface area contributed by atoms with Gasteiger partial charge in [0.05, 0.1) is 17.2 Å². The predicted molar refractivity (Wildman–Crippen MR) is 70.6 cm³/mol. The number of nitrogens with one attached hydrogen (secondary N) is 1. The zero-order chi connectivity index (χ0) is 15.6. The average molecular weight is 297 g/mol. The first-order valence-corrected chi connectivity index (χ1v) is 6.48. The lowest BCUT2D eigenvalue weighted by Gasteiger charge is -2.26. The number of hydrogen-bond donors (Lipinski definition) is 1. The van der Waals surface area contributed by atoms with E-state index in [9.17, 15) is 18.0 Å². The van der Waals surface area contributed by atoms with Crippen LogP contribution in [-0.4, -0.2) is 25.5 Å². The SMILES string of the molecule is CNC(=O)C1CCCN1c1ccc(C(F)(F)F)c(C#N)c1. The molecule has 4 nitrogen and oxygen atoms in total. The standard InChI is InChI=1S/C14H14F3N3O/c1-19-13(21)12-3-2-6-20(12)10-4-5-11(14(15,16)17)9(7-10)8-18/h4-5,7,12H,2-3,6H2,1H3,(H,19,21). The van der Waals surface area contributed by atoms with Gasteiger partial charge in [-0.25, -0.2) is 0 Å². The molecule has 7 heteroatoms. The van der Waals surface area contributed by atoms with Crippen molar-refractivity contribution in [2.45, 2.75) is 25.1 Å². The van der Waals surface area contributed by atoms with E-state index in [-0.39, 0.29) is 5.91 Å². The Kier molecular flexibility index (Phi) is 4.07. The molecule has 0 spiro atoms. The third-order valence-corrected chi connectivity index (χ3v) is 3.56. The molecule has 0 aromatic heterocycles. The number of likely N-dealkylation sites (N-methyl/N-ethyl adjacent to an activating group) is 1. The fraction of sp³-hybridized carbons (Fsp3) is 0.429. The van der Waals surface area contributed by atoms with Crippen LogP contribution in [0.25, 0.3) is 0 Å². The van der Waals surface area contributed by atoms with E-state index in [0.29, 0.717) is 18.7 Å². The van der Waals surface area contributed by atoms with E-state index in [1.165, 1.54) is 19.2 Å². The van der Waals surface area contributed by atoms with Crippen LogP contribution in [0.5, 0.6) is 0 Å². The van der Waals surface area contributed by atoms with Crippen LogP contribution >= 0.6 is 0 Å². The lowest BCUT2D eigenvalue weighted by molar-refractivity contribution is -0.137. The summed E-state index contributed by atoms with van der Waals surface area (Å²) < 4.78 is 38.3. The number of alkyl halides is 3. The van der Waals surface area contributed by atoms with Crippen molar-refractivity contribution in [2.24, 2.45) is 0 Å². The molecule has 1 unspecified atom stereocenters. The molecular weight excluding hydrogens is 283 g/mol. The molecule has 1 amide bonds. The maximum absolute atomic E-state index is 12.8. The van der Waals surface area contributed by atoms with Crippen LogP contribution in [0.2, 0.25) is 0 Å². The van der Waals surface area contributed by atoms with Crippen LogP contribution in [0.1, 0.15) is 24.0 Å². The van der Waals surface area contributed by atoms with Gasteiger partial charge in [-0.15, -0.1) is 0 Å². The maximum atomic E-state index is 12.8. The number of carbonyl (C=O) groups excluding carboxylic acids is 1. The van der Waals surface area contributed by atoms with Gasteiger partial charge in [0.2, 0.25) is 5.91 Å². The molecule has 0 bridgehead atoms. The van der Waals surface area contributed by atoms with Gasteiger partial charge in [0.1, 0.15) is 6.04 Å². The van der Waals surface area contributed by atoms with Crippen molar-refractivity contribution in [3.05, 3.63) is 29.3 Å². The third kappa shape index (κ3) is 2.94. The molecule has 21 heavy (non-hydrogen) atoms. The summed E-state index contributed by atoms with van der Waals surface area (Å²) in [6, 6.07) is 4.58. The Morgan fingerprint density at radius 2 is 2.19 bits per heavy atom. The Morgan fingerprint density at radius 1 is 1.48 bits per heavy atom. The molecule has 0 radical (unpaired) electrons. The number of halogens is 3. The van der Waals surface area contributed by atoms with Crippen molar-refractivity contribution >= 4 is 11.6 Å². The highest BCUT2D eigenvalue weighted by Gasteiger charge is 2.35. The van der Waals surface area contributed by atoms with E-state index >= 15 is 0 Å². The molecular formula is C14H14F3N3O. The summed E-state index contributed by atoms with van der Waals surface area (Å²) in [6.45, 7) is 0.578. The van der Waals surface area contributed by atoms with E-state index in [1.807, 2.05) is 0 Å². The molecule has 1 N–H and O–H groups in total. The highest BCUT2D eigenvalue weighted by molar-refractivity contribution is 5.85. The highest BCUT2D eigenvalue weighted by Crippen LogP contribution is 2.35. The van der Waals surface area contributed by atoms with Crippen LogP contribution < -0.4 is 10.2 Å². The first-order valence-electron chi connectivity index (χ1n) is 6.48. The third-order valence-electron chi connectivity index (χ3n) is 3.56. The van der Waals surface area contributed by atoms with Crippen LogP contribution in [0.3, 0.4) is 0 Å². The molecule has 2 rings (SSSR count). The minimum absolute atomic E-state index is 0.175. The molecule has 1 heterocycles. The summed E-state index contributed by atoms with van der Waals surface area (Å²) in [4.78, 5) is 13.5. The molecule has 1 atom stereocenters. The van der Waals surface area contributed by atoms with Crippen molar-refractivity contribution in [3.8, 4) is 6.07 Å². The van der Waals surface area contributed by atoms with E-state index in [2.05, 4.69) is 5.32 Å². The Morgan fingerprint density at radius 3 is 2.76 bits per heavy atom. The van der Waals surface area contributed by atoms with E-state index in [1.54, 1.807) is 11.0 Å². The summed E-state index contributed by atoms with van der Waals surface area (Å²) in [5.74, 6) is -0.175. The van der Waals surface area contributed by atoms with Gasteiger partial charge in [-0.2, -0.15) is 18.4 Å². The second-order valence-corrected chi connectivity index (χ2v) is 4.81. The lowest BCUT2D eigenvalue weighted by atomic mass is 10.1. The van der Waals surface area contributed by atoms with E-state index < -0.39 is 23.3 Å². The van der Waals surface area contributed by atoms with Gasteiger partial charge in [-0.05, 0) is 31.0 Å². The molecule has 1 fully saturated rings. The van der Waals surface area contributed by atoms with Crippen molar-refractivity contribution in [1.29, 1.82) is 5.26 Å².